The first-order valence-corrected chi connectivity index (χ1v) is 6.01. The van der Waals surface area contributed by atoms with Gasteiger partial charge in [-0.1, -0.05) is 27.7 Å². The van der Waals surface area contributed by atoms with Gasteiger partial charge in [0.15, 0.2) is 0 Å². The second kappa shape index (κ2) is 3.52. The largest absolute Gasteiger partial charge is 0.243 e. The number of nitrogens with zero attached hydrogens (tertiary/aromatic N) is 3. The van der Waals surface area contributed by atoms with Crippen molar-refractivity contribution in [2.45, 2.75) is 39.5 Å². The van der Waals surface area contributed by atoms with Crippen molar-refractivity contribution in [2.75, 3.05) is 0 Å². The van der Waals surface area contributed by atoms with Crippen LogP contribution in [0.4, 0.5) is 0 Å². The molecule has 0 aromatic carbocycles. The SMILES string of the molecule is CCc1nnc(C(C)(C)C)c2ncsc12. The fourth-order valence-corrected chi connectivity index (χ4v) is 2.40. The maximum Gasteiger partial charge on any atom is 0.107 e. The lowest BCUT2D eigenvalue weighted by atomic mass is 9.91. The zero-order valence-electron chi connectivity index (χ0n) is 9.53. The number of fused-ring (bicyclic) bond motifs is 1. The summed E-state index contributed by atoms with van der Waals surface area (Å²) in [5, 5.41) is 8.60. The number of aryl methyl sites for hydroxylation is 1. The van der Waals surface area contributed by atoms with Gasteiger partial charge in [-0.25, -0.2) is 4.98 Å². The zero-order valence-corrected chi connectivity index (χ0v) is 10.4. The van der Waals surface area contributed by atoms with Crippen molar-refractivity contribution in [3.63, 3.8) is 0 Å². The lowest BCUT2D eigenvalue weighted by molar-refractivity contribution is 0.563. The molecular formula is C11H15N3S. The molecule has 0 N–H and O–H groups in total. The van der Waals surface area contributed by atoms with Crippen LogP contribution in [-0.2, 0) is 11.8 Å². The summed E-state index contributed by atoms with van der Waals surface area (Å²) in [5.74, 6) is 0. The van der Waals surface area contributed by atoms with E-state index in [-0.39, 0.29) is 5.41 Å². The Labute approximate surface area is 93.6 Å². The third-order valence-electron chi connectivity index (χ3n) is 2.37. The van der Waals surface area contributed by atoms with Crippen LogP contribution in [0, 0.1) is 0 Å². The minimum absolute atomic E-state index is 0.00555. The van der Waals surface area contributed by atoms with Gasteiger partial charge < -0.3 is 0 Å². The van der Waals surface area contributed by atoms with Gasteiger partial charge in [0.2, 0.25) is 0 Å². The van der Waals surface area contributed by atoms with Crippen molar-refractivity contribution >= 4 is 21.6 Å². The second-order valence-electron chi connectivity index (χ2n) is 4.63. The monoisotopic (exact) mass is 221 g/mol. The van der Waals surface area contributed by atoms with Gasteiger partial charge in [-0.2, -0.15) is 10.2 Å². The summed E-state index contributed by atoms with van der Waals surface area (Å²) in [7, 11) is 0. The predicted octanol–water partition coefficient (Wildman–Crippen LogP) is 2.95. The van der Waals surface area contributed by atoms with Gasteiger partial charge in [-0.15, -0.1) is 11.3 Å². The first-order chi connectivity index (χ1) is 7.04. The molecule has 0 saturated heterocycles. The molecule has 4 heteroatoms. The summed E-state index contributed by atoms with van der Waals surface area (Å²) >= 11 is 1.66. The third-order valence-corrected chi connectivity index (χ3v) is 3.25. The Hall–Kier alpha value is -1.03. The van der Waals surface area contributed by atoms with Crippen LogP contribution in [-0.4, -0.2) is 15.2 Å². The fourth-order valence-electron chi connectivity index (χ4n) is 1.56. The molecule has 2 aromatic heterocycles. The molecular weight excluding hydrogens is 206 g/mol. The highest BCUT2D eigenvalue weighted by molar-refractivity contribution is 7.16. The highest BCUT2D eigenvalue weighted by Gasteiger charge is 2.22. The van der Waals surface area contributed by atoms with Gasteiger partial charge in [0.05, 0.1) is 21.6 Å². The summed E-state index contributed by atoms with van der Waals surface area (Å²) in [5.41, 5.74) is 4.96. The molecule has 3 nitrogen and oxygen atoms in total. The number of thiazole rings is 1. The molecule has 0 fully saturated rings. The van der Waals surface area contributed by atoms with Crippen LogP contribution in [0.1, 0.15) is 39.1 Å². The maximum atomic E-state index is 4.41. The fraction of sp³-hybridized carbons (Fsp3) is 0.545. The van der Waals surface area contributed by atoms with Crippen LogP contribution >= 0.6 is 11.3 Å². The first kappa shape index (κ1) is 10.5. The Bertz CT molecular complexity index is 482. The lowest BCUT2D eigenvalue weighted by Gasteiger charge is -2.17. The molecule has 0 saturated carbocycles. The highest BCUT2D eigenvalue weighted by Crippen LogP contribution is 2.30. The average Bonchev–Trinajstić information content (AvgIpc) is 2.62. The first-order valence-electron chi connectivity index (χ1n) is 5.13. The normalized spacial score (nSPS) is 12.3. The van der Waals surface area contributed by atoms with Crippen molar-refractivity contribution in [3.8, 4) is 0 Å². The van der Waals surface area contributed by atoms with Crippen molar-refractivity contribution < 1.29 is 0 Å². The van der Waals surface area contributed by atoms with E-state index in [1.165, 1.54) is 4.70 Å². The molecule has 0 radical (unpaired) electrons. The van der Waals surface area contributed by atoms with E-state index in [9.17, 15) is 0 Å². The van der Waals surface area contributed by atoms with Gasteiger partial charge in [0.25, 0.3) is 0 Å². The summed E-state index contributed by atoms with van der Waals surface area (Å²) < 4.78 is 1.19. The van der Waals surface area contributed by atoms with Crippen LogP contribution in [0.3, 0.4) is 0 Å². The third kappa shape index (κ3) is 1.74. The number of rotatable bonds is 1. The van der Waals surface area contributed by atoms with E-state index in [1.807, 2.05) is 5.51 Å². The smallest absolute Gasteiger partial charge is 0.107 e. The highest BCUT2D eigenvalue weighted by atomic mass is 32.1. The molecule has 80 valence electrons. The number of aromatic nitrogens is 3. The van der Waals surface area contributed by atoms with E-state index in [2.05, 4.69) is 42.9 Å². The average molecular weight is 221 g/mol. The second-order valence-corrected chi connectivity index (χ2v) is 5.48. The Balaban J connectivity index is 2.74. The molecule has 0 amide bonds. The van der Waals surface area contributed by atoms with E-state index >= 15 is 0 Å². The van der Waals surface area contributed by atoms with E-state index in [1.54, 1.807) is 11.3 Å². The van der Waals surface area contributed by atoms with Crippen LogP contribution < -0.4 is 0 Å². The molecule has 2 heterocycles. The van der Waals surface area contributed by atoms with Gasteiger partial charge >= 0.3 is 0 Å². The standard InChI is InChI=1S/C11H15N3S/c1-5-7-9-8(12-6-15-9)10(14-13-7)11(2,3)4/h6H,5H2,1-4H3. The molecule has 0 atom stereocenters. The van der Waals surface area contributed by atoms with Crippen molar-refractivity contribution in [2.24, 2.45) is 0 Å². The van der Waals surface area contributed by atoms with E-state index in [0.717, 1.165) is 23.3 Å². The molecule has 0 aliphatic carbocycles. The summed E-state index contributed by atoms with van der Waals surface area (Å²) in [4.78, 5) is 4.41. The Morgan fingerprint density at radius 1 is 1.27 bits per heavy atom. The summed E-state index contributed by atoms with van der Waals surface area (Å²) in [6, 6.07) is 0. The summed E-state index contributed by atoms with van der Waals surface area (Å²) in [6.45, 7) is 8.52. The number of hydrogen-bond acceptors (Lipinski definition) is 4. The van der Waals surface area contributed by atoms with Crippen LogP contribution in [0.5, 0.6) is 0 Å². The summed E-state index contributed by atoms with van der Waals surface area (Å²) in [6.07, 6.45) is 0.913. The molecule has 15 heavy (non-hydrogen) atoms. The van der Waals surface area contributed by atoms with E-state index in [4.69, 9.17) is 0 Å². The molecule has 0 aliphatic heterocycles. The quantitative estimate of drug-likeness (QED) is 0.743. The Kier molecular flexibility index (Phi) is 2.46. The van der Waals surface area contributed by atoms with Gasteiger partial charge in [0.1, 0.15) is 5.52 Å². The molecule has 0 unspecified atom stereocenters. The predicted molar refractivity (Wildman–Crippen MR) is 63.3 cm³/mol. The lowest BCUT2D eigenvalue weighted by Crippen LogP contribution is -2.15. The molecule has 0 bridgehead atoms. The Morgan fingerprint density at radius 3 is 2.60 bits per heavy atom. The van der Waals surface area contributed by atoms with Crippen LogP contribution in [0.15, 0.2) is 5.51 Å². The van der Waals surface area contributed by atoms with Gasteiger partial charge in [0, 0.05) is 5.41 Å². The van der Waals surface area contributed by atoms with E-state index < -0.39 is 0 Å². The number of hydrogen-bond donors (Lipinski definition) is 0. The van der Waals surface area contributed by atoms with Crippen molar-refractivity contribution in [1.29, 1.82) is 0 Å². The van der Waals surface area contributed by atoms with Crippen molar-refractivity contribution in [3.05, 3.63) is 16.9 Å². The molecule has 2 rings (SSSR count). The van der Waals surface area contributed by atoms with Gasteiger partial charge in [-0.05, 0) is 6.42 Å². The maximum absolute atomic E-state index is 4.41. The minimum Gasteiger partial charge on any atom is -0.243 e. The molecule has 0 spiro atoms. The minimum atomic E-state index is 0.00555. The van der Waals surface area contributed by atoms with Gasteiger partial charge in [-0.3, -0.25) is 0 Å². The van der Waals surface area contributed by atoms with Crippen LogP contribution in [0.2, 0.25) is 0 Å². The molecule has 2 aromatic rings. The van der Waals surface area contributed by atoms with E-state index in [0.29, 0.717) is 0 Å². The van der Waals surface area contributed by atoms with Crippen molar-refractivity contribution in [1.82, 2.24) is 15.2 Å². The van der Waals surface area contributed by atoms with Crippen LogP contribution in [0.25, 0.3) is 10.2 Å². The zero-order chi connectivity index (χ0) is 11.1. The Morgan fingerprint density at radius 2 is 2.00 bits per heavy atom. The molecule has 0 aliphatic rings. The topological polar surface area (TPSA) is 38.7 Å².